The number of sulfone groups is 1. The Bertz CT molecular complexity index is 480. The molecular formula is C11H15ClO3S. The van der Waals surface area contributed by atoms with E-state index in [1.165, 1.54) is 6.92 Å². The van der Waals surface area contributed by atoms with Gasteiger partial charge in [-0.2, -0.15) is 0 Å². The van der Waals surface area contributed by atoms with Gasteiger partial charge in [-0.05, 0) is 19.4 Å². The molecule has 0 aromatic heterocycles. The van der Waals surface area contributed by atoms with Gasteiger partial charge in [-0.15, -0.1) is 0 Å². The van der Waals surface area contributed by atoms with Gasteiger partial charge in [0.15, 0.2) is 14.0 Å². The van der Waals surface area contributed by atoms with Crippen molar-refractivity contribution < 1.29 is 13.5 Å². The van der Waals surface area contributed by atoms with Crippen LogP contribution in [0.1, 0.15) is 24.2 Å². The summed E-state index contributed by atoms with van der Waals surface area (Å²) in [5.41, 5.74) is 1.44. The number of aryl methyl sites for hydroxylation is 1. The summed E-state index contributed by atoms with van der Waals surface area (Å²) in [6.07, 6.45) is -0.233. The summed E-state index contributed by atoms with van der Waals surface area (Å²) < 4.78 is 21.2. The average Bonchev–Trinajstić information content (AvgIpc) is 2.14. The van der Waals surface area contributed by atoms with E-state index in [1.54, 1.807) is 18.2 Å². The van der Waals surface area contributed by atoms with Gasteiger partial charge in [0.25, 0.3) is 0 Å². The summed E-state index contributed by atoms with van der Waals surface area (Å²) in [7, 11) is -3.55. The second-order valence-electron chi connectivity index (χ2n) is 4.07. The molecule has 16 heavy (non-hydrogen) atoms. The Morgan fingerprint density at radius 1 is 1.44 bits per heavy atom. The van der Waals surface area contributed by atoms with Gasteiger partial charge in [0.05, 0.1) is 0 Å². The summed E-state index contributed by atoms with van der Waals surface area (Å²) in [5, 5.41) is 10.00. The third kappa shape index (κ3) is 2.56. The third-order valence-electron chi connectivity index (χ3n) is 2.57. The van der Waals surface area contributed by atoms with E-state index in [1.807, 2.05) is 13.0 Å². The summed E-state index contributed by atoms with van der Waals surface area (Å²) in [4.78, 5) is 0. The van der Waals surface area contributed by atoms with Crippen molar-refractivity contribution in [1.82, 2.24) is 0 Å². The minimum atomic E-state index is -3.55. The summed E-state index contributed by atoms with van der Waals surface area (Å²) in [6, 6.07) is 6.99. The van der Waals surface area contributed by atoms with Crippen molar-refractivity contribution in [2.75, 3.05) is 6.26 Å². The van der Waals surface area contributed by atoms with Crippen LogP contribution in [-0.2, 0) is 9.84 Å². The van der Waals surface area contributed by atoms with Crippen LogP contribution in [0.3, 0.4) is 0 Å². The van der Waals surface area contributed by atoms with Crippen LogP contribution in [0.4, 0.5) is 0 Å². The van der Waals surface area contributed by atoms with Crippen LogP contribution in [-0.4, -0.2) is 24.0 Å². The first-order chi connectivity index (χ1) is 7.16. The van der Waals surface area contributed by atoms with Crippen LogP contribution >= 0.6 is 11.6 Å². The van der Waals surface area contributed by atoms with E-state index >= 15 is 0 Å². The molecule has 0 saturated heterocycles. The van der Waals surface area contributed by atoms with E-state index in [0.29, 0.717) is 5.56 Å². The Morgan fingerprint density at radius 2 is 2.00 bits per heavy atom. The van der Waals surface area contributed by atoms with E-state index in [4.69, 9.17) is 11.6 Å². The molecule has 1 rings (SSSR count). The highest BCUT2D eigenvalue weighted by Crippen LogP contribution is 2.36. The van der Waals surface area contributed by atoms with Crippen molar-refractivity contribution in [3.05, 3.63) is 35.4 Å². The molecule has 3 nitrogen and oxygen atoms in total. The van der Waals surface area contributed by atoms with E-state index in [9.17, 15) is 13.5 Å². The second-order valence-corrected chi connectivity index (χ2v) is 7.48. The summed E-state index contributed by atoms with van der Waals surface area (Å²) in [5.74, 6) is 0. The van der Waals surface area contributed by atoms with E-state index in [-0.39, 0.29) is 0 Å². The van der Waals surface area contributed by atoms with Crippen LogP contribution in [0.5, 0.6) is 0 Å². The zero-order valence-corrected chi connectivity index (χ0v) is 11.0. The normalized spacial score (nSPS) is 17.8. The fourth-order valence-electron chi connectivity index (χ4n) is 1.34. The van der Waals surface area contributed by atoms with Crippen molar-refractivity contribution in [2.24, 2.45) is 0 Å². The molecule has 0 heterocycles. The number of aliphatic hydroxyl groups is 1. The number of alkyl halides is 1. The predicted octanol–water partition coefficient (Wildman–Crippen LogP) is 2.03. The SMILES string of the molecule is Cc1cccc(C(O)C(C)(Cl)S(C)(=O)=O)c1. The molecule has 1 aromatic rings. The molecule has 0 fully saturated rings. The fraction of sp³-hybridized carbons (Fsp3) is 0.455. The van der Waals surface area contributed by atoms with Crippen molar-refractivity contribution in [3.63, 3.8) is 0 Å². The number of aliphatic hydroxyl groups excluding tert-OH is 1. The first kappa shape index (κ1) is 13.5. The number of benzene rings is 1. The molecule has 0 aliphatic rings. The lowest BCUT2D eigenvalue weighted by Gasteiger charge is -2.26. The van der Waals surface area contributed by atoms with E-state index < -0.39 is 20.1 Å². The van der Waals surface area contributed by atoms with Crippen LogP contribution in [0.15, 0.2) is 24.3 Å². The maximum Gasteiger partial charge on any atom is 0.172 e. The highest BCUT2D eigenvalue weighted by molar-refractivity contribution is 7.93. The van der Waals surface area contributed by atoms with Gasteiger partial charge >= 0.3 is 0 Å². The Morgan fingerprint density at radius 3 is 2.44 bits per heavy atom. The fourth-order valence-corrected chi connectivity index (χ4v) is 2.01. The number of hydrogen-bond acceptors (Lipinski definition) is 3. The lowest BCUT2D eigenvalue weighted by atomic mass is 10.0. The topological polar surface area (TPSA) is 54.4 Å². The molecule has 1 aromatic carbocycles. The minimum Gasteiger partial charge on any atom is -0.385 e. The largest absolute Gasteiger partial charge is 0.385 e. The van der Waals surface area contributed by atoms with Crippen molar-refractivity contribution >= 4 is 21.4 Å². The zero-order valence-electron chi connectivity index (χ0n) is 9.44. The molecule has 0 bridgehead atoms. The van der Waals surface area contributed by atoms with Gasteiger partial charge in [-0.3, -0.25) is 0 Å². The molecular weight excluding hydrogens is 248 g/mol. The number of rotatable bonds is 3. The first-order valence-corrected chi connectivity index (χ1v) is 7.06. The highest BCUT2D eigenvalue weighted by Gasteiger charge is 2.41. The smallest absolute Gasteiger partial charge is 0.172 e. The van der Waals surface area contributed by atoms with Crippen LogP contribution in [0.2, 0.25) is 0 Å². The zero-order chi connectivity index (χ0) is 12.6. The minimum absolute atomic E-state index is 0.503. The molecule has 0 aliphatic heterocycles. The van der Waals surface area contributed by atoms with Crippen LogP contribution < -0.4 is 0 Å². The molecule has 2 atom stereocenters. The summed E-state index contributed by atoms with van der Waals surface area (Å²) in [6.45, 7) is 3.17. The van der Waals surface area contributed by atoms with E-state index in [0.717, 1.165) is 11.8 Å². The van der Waals surface area contributed by atoms with Crippen molar-refractivity contribution in [2.45, 2.75) is 24.2 Å². The van der Waals surface area contributed by atoms with Gasteiger partial charge in [0.1, 0.15) is 6.10 Å². The third-order valence-corrected chi connectivity index (χ3v) is 5.29. The Kier molecular flexibility index (Phi) is 3.67. The summed E-state index contributed by atoms with van der Waals surface area (Å²) >= 11 is 5.91. The molecule has 0 radical (unpaired) electrons. The van der Waals surface area contributed by atoms with E-state index in [2.05, 4.69) is 0 Å². The number of hydrogen-bond donors (Lipinski definition) is 1. The molecule has 0 spiro atoms. The predicted molar refractivity (Wildman–Crippen MR) is 65.2 cm³/mol. The molecule has 90 valence electrons. The van der Waals surface area contributed by atoms with Crippen LogP contribution in [0, 0.1) is 6.92 Å². The van der Waals surface area contributed by atoms with Gasteiger partial charge in [0, 0.05) is 6.26 Å². The van der Waals surface area contributed by atoms with Crippen LogP contribution in [0.25, 0.3) is 0 Å². The van der Waals surface area contributed by atoms with Crippen molar-refractivity contribution in [1.29, 1.82) is 0 Å². The molecule has 0 amide bonds. The second kappa shape index (κ2) is 4.35. The molecule has 0 saturated carbocycles. The first-order valence-electron chi connectivity index (χ1n) is 4.79. The standard InChI is InChI=1S/C11H15ClO3S/c1-8-5-4-6-9(7-8)10(13)11(2,12)16(3,14)15/h4-7,10,13H,1-3H3. The number of halogens is 1. The maximum absolute atomic E-state index is 11.5. The van der Waals surface area contributed by atoms with Crippen molar-refractivity contribution in [3.8, 4) is 0 Å². The Balaban J connectivity index is 3.17. The monoisotopic (exact) mass is 262 g/mol. The molecule has 0 aliphatic carbocycles. The van der Waals surface area contributed by atoms with Gasteiger partial charge in [-0.25, -0.2) is 8.42 Å². The Hall–Kier alpha value is -0.580. The quantitative estimate of drug-likeness (QED) is 0.848. The lowest BCUT2D eigenvalue weighted by Crippen LogP contribution is -2.35. The van der Waals surface area contributed by atoms with Gasteiger partial charge in [0.2, 0.25) is 0 Å². The maximum atomic E-state index is 11.5. The molecule has 1 N–H and O–H groups in total. The van der Waals surface area contributed by atoms with Gasteiger partial charge in [-0.1, -0.05) is 41.4 Å². The lowest BCUT2D eigenvalue weighted by molar-refractivity contribution is 0.163. The average molecular weight is 263 g/mol. The molecule has 5 heteroatoms. The van der Waals surface area contributed by atoms with Gasteiger partial charge < -0.3 is 5.11 Å². The Labute approximate surface area is 101 Å². The molecule has 2 unspecified atom stereocenters. The highest BCUT2D eigenvalue weighted by atomic mass is 35.5.